The number of hydrogen-bond acceptors (Lipinski definition) is 2. The number of likely N-dealkylation sites (tertiary alicyclic amines) is 1. The molecule has 0 radical (unpaired) electrons. The molecule has 0 aromatic heterocycles. The highest BCUT2D eigenvalue weighted by Crippen LogP contribution is 2.35. The van der Waals surface area contributed by atoms with Crippen molar-refractivity contribution in [2.24, 2.45) is 0 Å². The molecule has 3 aromatic rings. The van der Waals surface area contributed by atoms with Crippen molar-refractivity contribution < 1.29 is 4.79 Å². The summed E-state index contributed by atoms with van der Waals surface area (Å²) in [5, 5.41) is -0.00942. The van der Waals surface area contributed by atoms with Gasteiger partial charge in [0.2, 0.25) is 5.91 Å². The smallest absolute Gasteiger partial charge is 0.236 e. The van der Waals surface area contributed by atoms with Gasteiger partial charge in [-0.1, -0.05) is 78.9 Å². The lowest BCUT2D eigenvalue weighted by molar-refractivity contribution is -0.129. The molecule has 1 fully saturated rings. The van der Waals surface area contributed by atoms with Crippen LogP contribution in [0.25, 0.3) is 0 Å². The van der Waals surface area contributed by atoms with Crippen LogP contribution in [0.3, 0.4) is 0 Å². The van der Waals surface area contributed by atoms with E-state index in [1.807, 2.05) is 42.5 Å². The molecule has 0 saturated carbocycles. The lowest BCUT2D eigenvalue weighted by Crippen LogP contribution is -2.35. The minimum Gasteiger partial charge on any atom is -0.334 e. The molecule has 1 aliphatic heterocycles. The Morgan fingerprint density at radius 3 is 1.96 bits per heavy atom. The minimum atomic E-state index is -0.00942. The van der Waals surface area contributed by atoms with Gasteiger partial charge in [-0.15, -0.1) is 11.8 Å². The van der Waals surface area contributed by atoms with E-state index in [1.54, 1.807) is 11.8 Å². The molecule has 0 aliphatic carbocycles. The number of amides is 1. The predicted octanol–water partition coefficient (Wildman–Crippen LogP) is 5.19. The summed E-state index contributed by atoms with van der Waals surface area (Å²) in [7, 11) is 0. The average molecular weight is 374 g/mol. The van der Waals surface area contributed by atoms with Crippen molar-refractivity contribution in [3.05, 3.63) is 102 Å². The van der Waals surface area contributed by atoms with Gasteiger partial charge < -0.3 is 4.90 Å². The lowest BCUT2D eigenvalue weighted by Gasteiger charge is -2.25. The number of benzene rings is 3. The van der Waals surface area contributed by atoms with Gasteiger partial charge in [-0.2, -0.15) is 0 Å². The Hall–Kier alpha value is -2.52. The summed E-state index contributed by atoms with van der Waals surface area (Å²) in [6, 6.07) is 31.3. The SMILES string of the molecule is O=C1C(Sc2ccccc2)C[C@H](Cc2ccccc2)N1Cc1ccccc1. The first-order valence-electron chi connectivity index (χ1n) is 9.39. The van der Waals surface area contributed by atoms with Crippen molar-refractivity contribution >= 4 is 17.7 Å². The van der Waals surface area contributed by atoms with Crippen LogP contribution in [-0.2, 0) is 17.8 Å². The molecule has 1 saturated heterocycles. The number of hydrogen-bond donors (Lipinski definition) is 0. The highest BCUT2D eigenvalue weighted by atomic mass is 32.2. The van der Waals surface area contributed by atoms with Crippen LogP contribution in [0.1, 0.15) is 17.5 Å². The van der Waals surface area contributed by atoms with Crippen molar-refractivity contribution in [3.8, 4) is 0 Å². The van der Waals surface area contributed by atoms with E-state index in [4.69, 9.17) is 0 Å². The first-order chi connectivity index (χ1) is 13.3. The zero-order valence-electron chi connectivity index (χ0n) is 15.2. The fourth-order valence-corrected chi connectivity index (χ4v) is 4.87. The molecule has 3 heteroatoms. The van der Waals surface area contributed by atoms with Crippen molar-refractivity contribution in [2.45, 2.75) is 35.6 Å². The zero-order chi connectivity index (χ0) is 18.5. The van der Waals surface area contributed by atoms with Crippen LogP contribution in [0.5, 0.6) is 0 Å². The molecule has 136 valence electrons. The highest BCUT2D eigenvalue weighted by Gasteiger charge is 2.39. The molecular formula is C24H23NOS. The van der Waals surface area contributed by atoms with Crippen molar-refractivity contribution in [1.82, 2.24) is 4.90 Å². The molecule has 0 N–H and O–H groups in total. The molecular weight excluding hydrogens is 350 g/mol. The second kappa shape index (κ2) is 8.45. The van der Waals surface area contributed by atoms with Crippen molar-refractivity contribution in [3.63, 3.8) is 0 Å². The first kappa shape index (κ1) is 17.9. The van der Waals surface area contributed by atoms with Gasteiger partial charge in [-0.05, 0) is 36.1 Å². The van der Waals surface area contributed by atoms with E-state index in [9.17, 15) is 4.79 Å². The summed E-state index contributed by atoms with van der Waals surface area (Å²) in [5.74, 6) is 0.258. The minimum absolute atomic E-state index is 0.00942. The normalized spacial score (nSPS) is 19.4. The summed E-state index contributed by atoms with van der Waals surface area (Å²) in [5.41, 5.74) is 2.48. The van der Waals surface area contributed by atoms with Crippen LogP contribution < -0.4 is 0 Å². The van der Waals surface area contributed by atoms with E-state index in [0.717, 1.165) is 17.7 Å². The van der Waals surface area contributed by atoms with Crippen LogP contribution in [0.2, 0.25) is 0 Å². The van der Waals surface area contributed by atoms with Gasteiger partial charge >= 0.3 is 0 Å². The Morgan fingerprint density at radius 2 is 1.33 bits per heavy atom. The summed E-state index contributed by atoms with van der Waals surface area (Å²) in [6.45, 7) is 0.684. The maximum atomic E-state index is 13.2. The van der Waals surface area contributed by atoms with Gasteiger partial charge in [-0.25, -0.2) is 0 Å². The number of rotatable bonds is 6. The van der Waals surface area contributed by atoms with Crippen LogP contribution in [0.4, 0.5) is 0 Å². The molecule has 1 amide bonds. The van der Waals surface area contributed by atoms with E-state index >= 15 is 0 Å². The average Bonchev–Trinajstić information content (AvgIpc) is 2.99. The molecule has 4 rings (SSSR count). The lowest BCUT2D eigenvalue weighted by atomic mass is 10.0. The van der Waals surface area contributed by atoms with Crippen LogP contribution in [0.15, 0.2) is 95.9 Å². The third-order valence-corrected chi connectivity index (χ3v) is 6.24. The summed E-state index contributed by atoms with van der Waals surface area (Å²) in [4.78, 5) is 16.5. The fraction of sp³-hybridized carbons (Fsp3) is 0.208. The van der Waals surface area contributed by atoms with Gasteiger partial charge in [0.05, 0.1) is 5.25 Å². The predicted molar refractivity (Wildman–Crippen MR) is 112 cm³/mol. The molecule has 1 aliphatic rings. The zero-order valence-corrected chi connectivity index (χ0v) is 16.0. The summed E-state index contributed by atoms with van der Waals surface area (Å²) >= 11 is 1.70. The van der Waals surface area contributed by atoms with E-state index in [0.29, 0.717) is 6.54 Å². The number of carbonyl (C=O) groups excluding carboxylic acids is 1. The van der Waals surface area contributed by atoms with E-state index in [-0.39, 0.29) is 17.2 Å². The standard InChI is InChI=1S/C24H23NOS/c26-24-23(27-22-14-8-3-9-15-22)17-21(16-19-10-4-1-5-11-19)25(24)18-20-12-6-2-7-13-20/h1-15,21,23H,16-18H2/t21-,23?/m0/s1. The largest absolute Gasteiger partial charge is 0.334 e. The quantitative estimate of drug-likeness (QED) is 0.592. The van der Waals surface area contributed by atoms with Crippen LogP contribution in [-0.4, -0.2) is 22.1 Å². The Balaban J connectivity index is 1.55. The van der Waals surface area contributed by atoms with Crippen molar-refractivity contribution in [2.75, 3.05) is 0 Å². The number of carbonyl (C=O) groups is 1. The molecule has 1 unspecified atom stereocenters. The van der Waals surface area contributed by atoms with E-state index in [2.05, 4.69) is 53.4 Å². The van der Waals surface area contributed by atoms with E-state index < -0.39 is 0 Å². The molecule has 27 heavy (non-hydrogen) atoms. The second-order valence-electron chi connectivity index (χ2n) is 6.95. The van der Waals surface area contributed by atoms with Gasteiger partial charge in [0.1, 0.15) is 0 Å². The molecule has 1 heterocycles. The topological polar surface area (TPSA) is 20.3 Å². The monoisotopic (exact) mass is 373 g/mol. The van der Waals surface area contributed by atoms with Gasteiger partial charge in [0.15, 0.2) is 0 Å². The fourth-order valence-electron chi connectivity index (χ4n) is 3.67. The Morgan fingerprint density at radius 1 is 0.778 bits per heavy atom. The maximum Gasteiger partial charge on any atom is 0.236 e. The Bertz CT molecular complexity index is 867. The third-order valence-electron chi connectivity index (χ3n) is 5.02. The molecule has 3 aromatic carbocycles. The van der Waals surface area contributed by atoms with Crippen LogP contribution >= 0.6 is 11.8 Å². The highest BCUT2D eigenvalue weighted by molar-refractivity contribution is 8.00. The number of nitrogens with zero attached hydrogens (tertiary/aromatic N) is 1. The first-order valence-corrected chi connectivity index (χ1v) is 10.3. The summed E-state index contributed by atoms with van der Waals surface area (Å²) in [6.07, 6.45) is 1.80. The van der Waals surface area contributed by atoms with Gasteiger partial charge in [0, 0.05) is 17.5 Å². The molecule has 2 atom stereocenters. The summed E-state index contributed by atoms with van der Waals surface area (Å²) < 4.78 is 0. The Kier molecular flexibility index (Phi) is 5.59. The molecule has 0 spiro atoms. The third kappa shape index (κ3) is 4.42. The maximum absolute atomic E-state index is 13.2. The molecule has 2 nitrogen and oxygen atoms in total. The van der Waals surface area contributed by atoms with Gasteiger partial charge in [-0.3, -0.25) is 4.79 Å². The second-order valence-corrected chi connectivity index (χ2v) is 8.23. The molecule has 0 bridgehead atoms. The van der Waals surface area contributed by atoms with Crippen molar-refractivity contribution in [1.29, 1.82) is 0 Å². The number of thioether (sulfide) groups is 1. The van der Waals surface area contributed by atoms with E-state index in [1.165, 1.54) is 11.1 Å². The van der Waals surface area contributed by atoms with Crippen LogP contribution in [0, 0.1) is 0 Å². The van der Waals surface area contributed by atoms with Gasteiger partial charge in [0.25, 0.3) is 0 Å². The Labute approximate surface area is 165 Å².